The van der Waals surface area contributed by atoms with Gasteiger partial charge < -0.3 is 40.0 Å². The third-order valence-electron chi connectivity index (χ3n) is 12.2. The maximum absolute atomic E-state index is 15.8. The number of alkyl halides is 2. The number of rotatable bonds is 10. The molecule has 0 radical (unpaired) electrons. The third kappa shape index (κ3) is 9.15. The molecular weight excluding hydrogens is 919 g/mol. The summed E-state index contributed by atoms with van der Waals surface area (Å²) >= 11 is 0. The number of piperazine rings is 1. The molecule has 9 rings (SSSR count). The summed E-state index contributed by atoms with van der Waals surface area (Å²) in [5.74, 6) is -1.75. The number of pyridine rings is 2. The zero-order chi connectivity index (χ0) is 50.3. The van der Waals surface area contributed by atoms with E-state index in [1.54, 1.807) is 46.9 Å². The van der Waals surface area contributed by atoms with Crippen molar-refractivity contribution in [2.75, 3.05) is 48.0 Å². The Morgan fingerprint density at radius 3 is 2.46 bits per heavy atom. The van der Waals surface area contributed by atoms with E-state index in [4.69, 9.17) is 15.2 Å². The van der Waals surface area contributed by atoms with Crippen LogP contribution in [0.4, 0.5) is 39.7 Å². The normalized spacial score (nSPS) is 17.0. The summed E-state index contributed by atoms with van der Waals surface area (Å²) in [6, 6.07) is 9.52. The van der Waals surface area contributed by atoms with Crippen molar-refractivity contribution in [3.8, 4) is 39.8 Å². The van der Waals surface area contributed by atoms with E-state index in [2.05, 4.69) is 31.8 Å². The van der Waals surface area contributed by atoms with Crippen LogP contribution in [0.25, 0.3) is 39.4 Å². The Kier molecular flexibility index (Phi) is 13.5. The molecule has 3 unspecified atom stereocenters. The number of aromatic nitrogens is 6. The van der Waals surface area contributed by atoms with Crippen molar-refractivity contribution in [3.05, 3.63) is 107 Å². The van der Waals surface area contributed by atoms with Gasteiger partial charge in [0.25, 0.3) is 6.43 Å². The topological polar surface area (TPSA) is 216 Å². The minimum Gasteiger partial charge on any atom is -0.507 e. The zero-order valence-corrected chi connectivity index (χ0v) is 38.7. The highest BCUT2D eigenvalue weighted by molar-refractivity contribution is 5.92. The molecule has 2 saturated heterocycles. The number of benzene rings is 2. The van der Waals surface area contributed by atoms with Gasteiger partial charge >= 0.3 is 11.8 Å². The van der Waals surface area contributed by atoms with Crippen LogP contribution < -0.4 is 31.3 Å². The average Bonchev–Trinajstić information content (AvgIpc) is 3.87. The second-order valence-corrected chi connectivity index (χ2v) is 17.2. The molecule has 18 nitrogen and oxygen atoms in total. The second kappa shape index (κ2) is 19.5. The fourth-order valence-electron chi connectivity index (χ4n) is 8.61. The summed E-state index contributed by atoms with van der Waals surface area (Å²) < 4.78 is 70.8. The molecule has 4 N–H and O–H groups in total. The third-order valence-corrected chi connectivity index (χ3v) is 12.2. The Morgan fingerprint density at radius 1 is 1.00 bits per heavy atom. The Bertz CT molecular complexity index is 3090. The van der Waals surface area contributed by atoms with Crippen LogP contribution in [0.2, 0.25) is 0 Å². The van der Waals surface area contributed by atoms with Crippen LogP contribution >= 0.6 is 0 Å². The first kappa shape index (κ1) is 48.4. The van der Waals surface area contributed by atoms with Gasteiger partial charge in [0.15, 0.2) is 17.3 Å². The van der Waals surface area contributed by atoms with Crippen LogP contribution in [0.3, 0.4) is 0 Å². The van der Waals surface area contributed by atoms with Crippen molar-refractivity contribution >= 4 is 46.3 Å². The number of aryl methyl sites for hydroxylation is 1. The zero-order valence-electron chi connectivity index (χ0n) is 38.7. The van der Waals surface area contributed by atoms with E-state index in [0.717, 1.165) is 17.0 Å². The number of ether oxygens (including phenoxy) is 2. The molecule has 6 aromatic rings. The number of carbonyl (C=O) groups excluding carboxylic acids is 3. The SMILES string of the molecule is C=CC(=O)N1CCN(c2nc(=O)n(-c3c(C)ccnc3C(C)C)c3nc(-c4c(O)cccc4F)c(F)cc23)C(C)C1.CC(Nc1ccc2c(c1)OCCn1cc(N3C(=O)OCC3C(F)F)nc1-2)C(N)=O. The van der Waals surface area contributed by atoms with Crippen molar-refractivity contribution < 1.29 is 46.5 Å². The van der Waals surface area contributed by atoms with Gasteiger partial charge in [0.05, 0.1) is 34.4 Å². The van der Waals surface area contributed by atoms with E-state index in [0.29, 0.717) is 72.6 Å². The molecule has 366 valence electrons. The number of cyclic esters (lactones) is 1. The predicted octanol–water partition coefficient (Wildman–Crippen LogP) is 6.30. The molecular formula is C48H49F4N11O7. The van der Waals surface area contributed by atoms with Crippen LogP contribution in [-0.2, 0) is 20.9 Å². The molecule has 0 saturated carbocycles. The molecule has 4 aromatic heterocycles. The number of nitrogens with two attached hydrogens (primary N) is 1. The van der Waals surface area contributed by atoms with Crippen LogP contribution in [-0.4, -0.2) is 114 Å². The molecule has 0 spiro atoms. The highest BCUT2D eigenvalue weighted by Crippen LogP contribution is 2.39. The van der Waals surface area contributed by atoms with Crippen LogP contribution in [0.15, 0.2) is 78.4 Å². The lowest BCUT2D eigenvalue weighted by Crippen LogP contribution is -2.54. The molecule has 70 heavy (non-hydrogen) atoms. The number of hydrogen-bond acceptors (Lipinski definition) is 13. The van der Waals surface area contributed by atoms with Crippen molar-refractivity contribution in [3.63, 3.8) is 0 Å². The summed E-state index contributed by atoms with van der Waals surface area (Å²) in [5.41, 5.74) is 6.82. The molecule has 0 bridgehead atoms. The number of hydrogen-bond donors (Lipinski definition) is 3. The summed E-state index contributed by atoms with van der Waals surface area (Å²) in [5, 5.41) is 13.6. The minimum atomic E-state index is -2.75. The highest BCUT2D eigenvalue weighted by Gasteiger charge is 2.42. The highest BCUT2D eigenvalue weighted by atomic mass is 19.3. The van der Waals surface area contributed by atoms with Crippen molar-refractivity contribution in [2.45, 2.75) is 71.6 Å². The number of phenolic OH excluding ortho intramolecular Hbond substituents is 1. The van der Waals surface area contributed by atoms with E-state index >= 15 is 4.39 Å². The number of nitrogens with zero attached hydrogens (tertiary/aromatic N) is 9. The van der Waals surface area contributed by atoms with E-state index in [1.165, 1.54) is 29.0 Å². The molecule has 3 aliphatic rings. The number of fused-ring (bicyclic) bond motifs is 4. The fraction of sp³-hybridized carbons (Fsp3) is 0.333. The van der Waals surface area contributed by atoms with Crippen molar-refractivity contribution in [1.82, 2.24) is 34.0 Å². The van der Waals surface area contributed by atoms with E-state index in [-0.39, 0.29) is 47.1 Å². The van der Waals surface area contributed by atoms with Gasteiger partial charge in [-0.2, -0.15) is 4.98 Å². The lowest BCUT2D eigenvalue weighted by Gasteiger charge is -2.40. The first-order chi connectivity index (χ1) is 33.4. The van der Waals surface area contributed by atoms with Gasteiger partial charge in [0.1, 0.15) is 59.9 Å². The molecule has 3 amide bonds. The quantitative estimate of drug-likeness (QED) is 0.102. The molecule has 2 fully saturated rings. The number of carbonyl (C=O) groups is 3. The Labute approximate surface area is 398 Å². The van der Waals surface area contributed by atoms with E-state index in [1.807, 2.05) is 32.6 Å². The molecule has 0 aliphatic carbocycles. The number of phenols is 1. The van der Waals surface area contributed by atoms with Gasteiger partial charge in [-0.05, 0) is 74.7 Å². The number of imidazole rings is 1. The Balaban J connectivity index is 0.000000200. The number of nitrogens with one attached hydrogen (secondary N) is 1. The van der Waals surface area contributed by atoms with Crippen LogP contribution in [0.1, 0.15) is 44.9 Å². The van der Waals surface area contributed by atoms with E-state index in [9.17, 15) is 37.5 Å². The number of anilines is 3. The minimum absolute atomic E-state index is 0.0360. The monoisotopic (exact) mass is 967 g/mol. The molecule has 22 heteroatoms. The van der Waals surface area contributed by atoms with Crippen molar-refractivity contribution in [1.29, 1.82) is 0 Å². The van der Waals surface area contributed by atoms with Gasteiger partial charge in [-0.25, -0.2) is 46.6 Å². The maximum atomic E-state index is 15.8. The molecule has 7 heterocycles. The van der Waals surface area contributed by atoms with Gasteiger partial charge in [0.2, 0.25) is 11.8 Å². The lowest BCUT2D eigenvalue weighted by atomic mass is 10.0. The summed E-state index contributed by atoms with van der Waals surface area (Å²) in [6.07, 6.45) is 0.833. The number of halogens is 4. The lowest BCUT2D eigenvalue weighted by molar-refractivity contribution is -0.126. The van der Waals surface area contributed by atoms with Gasteiger partial charge in [-0.3, -0.25) is 14.6 Å². The van der Waals surface area contributed by atoms with Gasteiger partial charge in [-0.1, -0.05) is 26.5 Å². The number of amides is 3. The smallest absolute Gasteiger partial charge is 0.416 e. The second-order valence-electron chi connectivity index (χ2n) is 17.2. The Hall–Kier alpha value is -8.04. The fourth-order valence-corrected chi connectivity index (χ4v) is 8.61. The van der Waals surface area contributed by atoms with Crippen LogP contribution in [0.5, 0.6) is 11.5 Å². The predicted molar refractivity (Wildman–Crippen MR) is 251 cm³/mol. The number of aromatic hydroxyl groups is 1. The van der Waals surface area contributed by atoms with E-state index < -0.39 is 64.8 Å². The largest absolute Gasteiger partial charge is 0.507 e. The van der Waals surface area contributed by atoms with Gasteiger partial charge in [-0.15, -0.1) is 0 Å². The number of primary amides is 1. The first-order valence-corrected chi connectivity index (χ1v) is 22.3. The standard InChI is InChI=1S/C30H30F2N6O3.C18H19F2N5O4/c1-6-23(40)36-12-13-37(18(5)15-36)28-19-14-21(32)26(24-20(31)8-7-9-22(24)39)34-29(19)38(30(41)35-28)27-17(4)10-11-33-25(27)16(2)3;1-9(16(21)26)22-10-2-3-11-13(6-10)28-5-4-24-7-14(23-17(11)24)25-12(15(19)20)8-29-18(25)27/h6-11,14,16,18,39H,1,12-13,15H2,2-5H3;2-3,6-7,9,12,15,22H,4-5,8H2,1H3,(H2,21,26). The molecule has 2 aromatic carbocycles. The summed E-state index contributed by atoms with van der Waals surface area (Å²) in [6.45, 7) is 14.1. The summed E-state index contributed by atoms with van der Waals surface area (Å²) in [4.78, 5) is 71.5. The van der Waals surface area contributed by atoms with Gasteiger partial charge in [0, 0.05) is 49.8 Å². The maximum Gasteiger partial charge on any atom is 0.416 e. The summed E-state index contributed by atoms with van der Waals surface area (Å²) in [7, 11) is 0. The molecule has 3 atom stereocenters. The first-order valence-electron chi connectivity index (χ1n) is 22.3. The van der Waals surface area contributed by atoms with Crippen molar-refractivity contribution in [2.24, 2.45) is 5.73 Å². The Morgan fingerprint density at radius 2 is 1.77 bits per heavy atom. The molecule has 3 aliphatic heterocycles. The average molecular weight is 968 g/mol. The van der Waals surface area contributed by atoms with Crippen LogP contribution in [0, 0.1) is 18.6 Å².